The van der Waals surface area contributed by atoms with Crippen LogP contribution >= 0.6 is 0 Å². The number of piperidine rings is 1. The highest BCUT2D eigenvalue weighted by Gasteiger charge is 2.20. The minimum atomic E-state index is 0.654. The van der Waals surface area contributed by atoms with Gasteiger partial charge in [-0.2, -0.15) is 5.10 Å². The fraction of sp³-hybridized carbons (Fsp3) is 0.818. The number of rotatable bonds is 3. The largest absolute Gasteiger partial charge is 0.314 e. The normalized spacial score (nSPS) is 26.8. The lowest BCUT2D eigenvalue weighted by Crippen LogP contribution is -2.36. The van der Waals surface area contributed by atoms with E-state index in [-0.39, 0.29) is 0 Å². The quantitative estimate of drug-likeness (QED) is 0.812. The van der Waals surface area contributed by atoms with E-state index in [9.17, 15) is 0 Å². The minimum absolute atomic E-state index is 0.654. The van der Waals surface area contributed by atoms with Crippen molar-refractivity contribution in [2.24, 2.45) is 5.92 Å². The van der Waals surface area contributed by atoms with Gasteiger partial charge in [-0.15, -0.1) is 0 Å². The molecule has 15 heavy (non-hydrogen) atoms. The molecular formula is C11H20N4. The molecule has 1 aliphatic heterocycles. The Morgan fingerprint density at radius 1 is 1.60 bits per heavy atom. The molecular weight excluding hydrogens is 188 g/mol. The molecule has 0 radical (unpaired) electrons. The lowest BCUT2D eigenvalue weighted by atomic mass is 9.90. The average Bonchev–Trinajstić information content (AvgIpc) is 2.65. The standard InChI is InChI=1S/C11H20N4/c1-3-15-11(13-8-14-15)7-10-4-5-12-9(2)6-10/h8-10,12H,3-7H2,1-2H3. The Balaban J connectivity index is 1.96. The van der Waals surface area contributed by atoms with E-state index in [4.69, 9.17) is 0 Å². The van der Waals surface area contributed by atoms with Crippen LogP contribution in [0.15, 0.2) is 6.33 Å². The smallest absolute Gasteiger partial charge is 0.138 e. The number of nitrogens with zero attached hydrogens (tertiary/aromatic N) is 3. The highest BCUT2D eigenvalue weighted by molar-refractivity contribution is 4.89. The van der Waals surface area contributed by atoms with Crippen molar-refractivity contribution in [3.63, 3.8) is 0 Å². The van der Waals surface area contributed by atoms with Gasteiger partial charge in [0.15, 0.2) is 0 Å². The molecule has 0 aliphatic carbocycles. The summed E-state index contributed by atoms with van der Waals surface area (Å²) in [5, 5.41) is 7.69. The number of hydrogen-bond donors (Lipinski definition) is 1. The second-order valence-corrected chi connectivity index (χ2v) is 4.44. The van der Waals surface area contributed by atoms with Gasteiger partial charge in [0.1, 0.15) is 12.2 Å². The Morgan fingerprint density at radius 2 is 2.47 bits per heavy atom. The van der Waals surface area contributed by atoms with Crippen LogP contribution in [0.4, 0.5) is 0 Å². The molecule has 0 spiro atoms. The van der Waals surface area contributed by atoms with Crippen LogP contribution in [0, 0.1) is 5.92 Å². The van der Waals surface area contributed by atoms with Gasteiger partial charge in [0.25, 0.3) is 0 Å². The SMILES string of the molecule is CCn1ncnc1CC1CCNC(C)C1. The van der Waals surface area contributed by atoms with Crippen LogP contribution in [0.2, 0.25) is 0 Å². The van der Waals surface area contributed by atoms with Gasteiger partial charge < -0.3 is 5.32 Å². The molecule has 1 aromatic rings. The van der Waals surface area contributed by atoms with Crippen LogP contribution in [0.1, 0.15) is 32.5 Å². The zero-order valence-corrected chi connectivity index (χ0v) is 9.61. The molecule has 2 heterocycles. The summed E-state index contributed by atoms with van der Waals surface area (Å²) in [4.78, 5) is 4.34. The van der Waals surface area contributed by atoms with Crippen LogP contribution in [-0.4, -0.2) is 27.4 Å². The van der Waals surface area contributed by atoms with Gasteiger partial charge in [-0.25, -0.2) is 4.98 Å². The molecule has 1 fully saturated rings. The Bertz CT molecular complexity index is 307. The summed E-state index contributed by atoms with van der Waals surface area (Å²) in [6.45, 7) is 6.45. The summed E-state index contributed by atoms with van der Waals surface area (Å²) in [6, 6.07) is 0.654. The van der Waals surface area contributed by atoms with Crippen LogP contribution in [0.25, 0.3) is 0 Å². The molecule has 4 nitrogen and oxygen atoms in total. The molecule has 2 atom stereocenters. The van der Waals surface area contributed by atoms with Crippen molar-refractivity contribution in [3.8, 4) is 0 Å². The fourth-order valence-corrected chi connectivity index (χ4v) is 2.39. The Kier molecular flexibility index (Phi) is 3.36. The Morgan fingerprint density at radius 3 is 3.20 bits per heavy atom. The molecule has 1 N–H and O–H groups in total. The van der Waals surface area contributed by atoms with E-state index < -0.39 is 0 Å². The summed E-state index contributed by atoms with van der Waals surface area (Å²) in [5.41, 5.74) is 0. The monoisotopic (exact) mass is 208 g/mol. The molecule has 4 heteroatoms. The van der Waals surface area contributed by atoms with Gasteiger partial charge in [0.2, 0.25) is 0 Å². The molecule has 2 unspecified atom stereocenters. The Labute approximate surface area is 91.1 Å². The second-order valence-electron chi connectivity index (χ2n) is 4.44. The van der Waals surface area contributed by atoms with Crippen molar-refractivity contribution in [3.05, 3.63) is 12.2 Å². The van der Waals surface area contributed by atoms with E-state index in [1.54, 1.807) is 6.33 Å². The van der Waals surface area contributed by atoms with Gasteiger partial charge in [-0.05, 0) is 39.2 Å². The lowest BCUT2D eigenvalue weighted by Gasteiger charge is -2.27. The first-order valence-electron chi connectivity index (χ1n) is 5.89. The van der Waals surface area contributed by atoms with Crippen molar-refractivity contribution >= 4 is 0 Å². The molecule has 1 aromatic heterocycles. The third-order valence-corrected chi connectivity index (χ3v) is 3.20. The van der Waals surface area contributed by atoms with Crippen molar-refractivity contribution < 1.29 is 0 Å². The van der Waals surface area contributed by atoms with Crippen LogP contribution in [0.5, 0.6) is 0 Å². The second kappa shape index (κ2) is 4.75. The first kappa shape index (κ1) is 10.6. The summed E-state index contributed by atoms with van der Waals surface area (Å²) in [5.74, 6) is 1.92. The van der Waals surface area contributed by atoms with Crippen molar-refractivity contribution in [2.75, 3.05) is 6.54 Å². The van der Waals surface area contributed by atoms with E-state index in [2.05, 4.69) is 29.2 Å². The summed E-state index contributed by atoms with van der Waals surface area (Å²) >= 11 is 0. The van der Waals surface area contributed by atoms with Crippen LogP contribution < -0.4 is 5.32 Å². The zero-order chi connectivity index (χ0) is 10.7. The maximum Gasteiger partial charge on any atom is 0.138 e. The molecule has 0 saturated carbocycles. The summed E-state index contributed by atoms with van der Waals surface area (Å²) in [6.07, 6.45) is 5.28. The van der Waals surface area contributed by atoms with Gasteiger partial charge >= 0.3 is 0 Å². The predicted octanol–water partition coefficient (Wildman–Crippen LogP) is 1.23. The number of nitrogens with one attached hydrogen (secondary N) is 1. The van der Waals surface area contributed by atoms with Gasteiger partial charge in [-0.3, -0.25) is 4.68 Å². The number of hydrogen-bond acceptors (Lipinski definition) is 3. The maximum atomic E-state index is 4.34. The lowest BCUT2D eigenvalue weighted by molar-refractivity contribution is 0.307. The van der Waals surface area contributed by atoms with Crippen LogP contribution in [-0.2, 0) is 13.0 Å². The number of aryl methyl sites for hydroxylation is 1. The van der Waals surface area contributed by atoms with E-state index in [0.29, 0.717) is 6.04 Å². The number of aromatic nitrogens is 3. The molecule has 0 amide bonds. The third-order valence-electron chi connectivity index (χ3n) is 3.20. The summed E-state index contributed by atoms with van der Waals surface area (Å²) < 4.78 is 2.01. The van der Waals surface area contributed by atoms with E-state index >= 15 is 0 Å². The van der Waals surface area contributed by atoms with E-state index in [0.717, 1.165) is 31.3 Å². The summed E-state index contributed by atoms with van der Waals surface area (Å²) in [7, 11) is 0. The van der Waals surface area contributed by atoms with Crippen molar-refractivity contribution in [1.29, 1.82) is 0 Å². The molecule has 1 saturated heterocycles. The molecule has 0 aromatic carbocycles. The third kappa shape index (κ3) is 2.56. The zero-order valence-electron chi connectivity index (χ0n) is 9.61. The fourth-order valence-electron chi connectivity index (χ4n) is 2.39. The van der Waals surface area contributed by atoms with E-state index in [1.165, 1.54) is 12.8 Å². The molecule has 84 valence electrons. The van der Waals surface area contributed by atoms with Crippen LogP contribution in [0.3, 0.4) is 0 Å². The first-order chi connectivity index (χ1) is 7.29. The topological polar surface area (TPSA) is 42.7 Å². The Hall–Kier alpha value is -0.900. The van der Waals surface area contributed by atoms with E-state index in [1.807, 2.05) is 4.68 Å². The van der Waals surface area contributed by atoms with Gasteiger partial charge in [-0.1, -0.05) is 0 Å². The molecule has 0 bridgehead atoms. The van der Waals surface area contributed by atoms with Gasteiger partial charge in [0, 0.05) is 19.0 Å². The average molecular weight is 208 g/mol. The van der Waals surface area contributed by atoms with Gasteiger partial charge in [0.05, 0.1) is 0 Å². The molecule has 1 aliphatic rings. The minimum Gasteiger partial charge on any atom is -0.314 e. The predicted molar refractivity (Wildman–Crippen MR) is 59.6 cm³/mol. The molecule has 2 rings (SSSR count). The maximum absolute atomic E-state index is 4.34. The highest BCUT2D eigenvalue weighted by atomic mass is 15.3. The van der Waals surface area contributed by atoms with Crippen molar-refractivity contribution in [1.82, 2.24) is 20.1 Å². The van der Waals surface area contributed by atoms with Crippen molar-refractivity contribution in [2.45, 2.75) is 45.7 Å². The first-order valence-corrected chi connectivity index (χ1v) is 5.89. The highest BCUT2D eigenvalue weighted by Crippen LogP contribution is 2.19.